The second kappa shape index (κ2) is 7.04. The number of hydrogen-bond acceptors (Lipinski definition) is 5. The molecule has 0 bridgehead atoms. The Balaban J connectivity index is 1.33. The average molecular weight is 400 g/mol. The molecule has 0 spiro atoms. The molecule has 5 rings (SSSR count). The van der Waals surface area contributed by atoms with E-state index in [1.54, 1.807) is 66.7 Å². The summed E-state index contributed by atoms with van der Waals surface area (Å²) in [7, 11) is 0. The van der Waals surface area contributed by atoms with Crippen LogP contribution >= 0.6 is 0 Å². The van der Waals surface area contributed by atoms with E-state index in [4.69, 9.17) is 9.47 Å². The molecule has 3 aromatic rings. The maximum absolute atomic E-state index is 12.7. The number of rotatable bonds is 4. The van der Waals surface area contributed by atoms with Gasteiger partial charge in [0.15, 0.2) is 11.5 Å². The van der Waals surface area contributed by atoms with E-state index in [0.29, 0.717) is 39.4 Å². The number of nitrogens with one attached hydrogen (secondary N) is 1. The van der Waals surface area contributed by atoms with Gasteiger partial charge >= 0.3 is 0 Å². The Bertz CT molecular complexity index is 1170. The number of fused-ring (bicyclic) bond motifs is 2. The highest BCUT2D eigenvalue weighted by molar-refractivity contribution is 6.21. The number of benzene rings is 3. The fraction of sp³-hybridized carbons (Fsp3) is 0.0870. The molecular formula is C23H16N2O5. The maximum Gasteiger partial charge on any atom is 0.261 e. The Morgan fingerprint density at radius 3 is 2.37 bits per heavy atom. The summed E-state index contributed by atoms with van der Waals surface area (Å²) >= 11 is 0. The van der Waals surface area contributed by atoms with E-state index in [0.717, 1.165) is 0 Å². The first-order chi connectivity index (χ1) is 14.6. The lowest BCUT2D eigenvalue weighted by atomic mass is 10.1. The van der Waals surface area contributed by atoms with Gasteiger partial charge in [0.2, 0.25) is 6.79 Å². The van der Waals surface area contributed by atoms with E-state index in [1.165, 1.54) is 4.90 Å². The highest BCUT2D eigenvalue weighted by Gasteiger charge is 2.35. The fourth-order valence-corrected chi connectivity index (χ4v) is 3.55. The largest absolute Gasteiger partial charge is 0.454 e. The van der Waals surface area contributed by atoms with Crippen LogP contribution in [0.1, 0.15) is 36.6 Å². The standard InChI is InChI=1S/C23H16N2O5/c26-21(24-16-8-9-19-20(11-16)30-13-29-19)15-5-3-4-14(10-15)12-25-22(27)17-6-1-2-7-18(17)23(25)28/h1-11H,12-13H2,(H,24,26). The van der Waals surface area contributed by atoms with Crippen molar-refractivity contribution in [1.82, 2.24) is 4.90 Å². The summed E-state index contributed by atoms with van der Waals surface area (Å²) in [4.78, 5) is 39.0. The van der Waals surface area contributed by atoms with Crippen molar-refractivity contribution in [3.8, 4) is 11.5 Å². The van der Waals surface area contributed by atoms with Crippen molar-refractivity contribution in [1.29, 1.82) is 0 Å². The number of nitrogens with zero attached hydrogens (tertiary/aromatic N) is 1. The van der Waals surface area contributed by atoms with E-state index < -0.39 is 0 Å². The minimum Gasteiger partial charge on any atom is -0.454 e. The van der Waals surface area contributed by atoms with Gasteiger partial charge in [0.25, 0.3) is 17.7 Å². The molecule has 0 unspecified atom stereocenters. The zero-order valence-corrected chi connectivity index (χ0v) is 15.8. The number of carbonyl (C=O) groups is 3. The summed E-state index contributed by atoms with van der Waals surface area (Å²) in [6.45, 7) is 0.254. The van der Waals surface area contributed by atoms with Crippen LogP contribution in [-0.4, -0.2) is 29.4 Å². The predicted molar refractivity (Wildman–Crippen MR) is 108 cm³/mol. The first-order valence-corrected chi connectivity index (χ1v) is 9.35. The molecule has 0 radical (unpaired) electrons. The molecule has 3 amide bonds. The third kappa shape index (κ3) is 3.06. The molecule has 2 heterocycles. The average Bonchev–Trinajstić information content (AvgIpc) is 3.33. The van der Waals surface area contributed by atoms with Gasteiger partial charge in [-0.25, -0.2) is 0 Å². The lowest BCUT2D eigenvalue weighted by Crippen LogP contribution is -2.29. The normalized spacial score (nSPS) is 14.1. The lowest BCUT2D eigenvalue weighted by molar-refractivity contribution is 0.0642. The number of hydrogen-bond donors (Lipinski definition) is 1. The molecule has 3 aromatic carbocycles. The highest BCUT2D eigenvalue weighted by Crippen LogP contribution is 2.34. The molecule has 148 valence electrons. The second-order valence-electron chi connectivity index (χ2n) is 6.96. The van der Waals surface area contributed by atoms with Crippen molar-refractivity contribution in [2.75, 3.05) is 12.1 Å². The zero-order chi connectivity index (χ0) is 20.7. The van der Waals surface area contributed by atoms with Crippen LogP contribution in [0.5, 0.6) is 11.5 Å². The number of carbonyl (C=O) groups excluding carboxylic acids is 3. The lowest BCUT2D eigenvalue weighted by Gasteiger charge is -2.14. The first-order valence-electron chi connectivity index (χ1n) is 9.35. The van der Waals surface area contributed by atoms with Crippen LogP contribution in [0.25, 0.3) is 0 Å². The van der Waals surface area contributed by atoms with E-state index in [9.17, 15) is 14.4 Å². The number of amides is 3. The minimum atomic E-state index is -0.328. The molecule has 1 N–H and O–H groups in total. The van der Waals surface area contributed by atoms with Gasteiger partial charge < -0.3 is 14.8 Å². The molecule has 0 saturated carbocycles. The van der Waals surface area contributed by atoms with Gasteiger partial charge in [-0.2, -0.15) is 0 Å². The van der Waals surface area contributed by atoms with Gasteiger partial charge in [-0.1, -0.05) is 24.3 Å². The molecular weight excluding hydrogens is 384 g/mol. The third-order valence-corrected chi connectivity index (χ3v) is 5.04. The van der Waals surface area contributed by atoms with Crippen LogP contribution in [0.2, 0.25) is 0 Å². The van der Waals surface area contributed by atoms with E-state index in [1.807, 2.05) is 0 Å². The zero-order valence-electron chi connectivity index (χ0n) is 15.8. The van der Waals surface area contributed by atoms with E-state index in [-0.39, 0.29) is 31.1 Å². The van der Waals surface area contributed by atoms with Crippen molar-refractivity contribution < 1.29 is 23.9 Å². The Labute approximate surface area is 171 Å². The predicted octanol–water partition coefficient (Wildman–Crippen LogP) is 3.46. The maximum atomic E-state index is 12.7. The minimum absolute atomic E-state index is 0.0947. The number of ether oxygens (including phenoxy) is 2. The molecule has 0 fully saturated rings. The van der Waals surface area contributed by atoms with Crippen molar-refractivity contribution in [2.24, 2.45) is 0 Å². The van der Waals surface area contributed by atoms with Crippen molar-refractivity contribution in [2.45, 2.75) is 6.54 Å². The van der Waals surface area contributed by atoms with Gasteiger partial charge in [0.1, 0.15) is 0 Å². The molecule has 0 aromatic heterocycles. The van der Waals surface area contributed by atoms with Crippen LogP contribution in [0.15, 0.2) is 66.7 Å². The van der Waals surface area contributed by atoms with Gasteiger partial charge in [0, 0.05) is 17.3 Å². The summed E-state index contributed by atoms with van der Waals surface area (Å²) in [5.74, 6) is 0.248. The molecule has 0 aliphatic carbocycles. The quantitative estimate of drug-likeness (QED) is 0.678. The monoisotopic (exact) mass is 400 g/mol. The van der Waals surface area contributed by atoms with Crippen LogP contribution in [0.4, 0.5) is 5.69 Å². The molecule has 0 atom stereocenters. The molecule has 0 saturated heterocycles. The number of anilines is 1. The Kier molecular flexibility index (Phi) is 4.21. The van der Waals surface area contributed by atoms with Gasteiger partial charge in [-0.05, 0) is 42.0 Å². The number of imide groups is 1. The Hall–Kier alpha value is -4.13. The molecule has 2 aliphatic rings. The topological polar surface area (TPSA) is 84.9 Å². The SMILES string of the molecule is O=C(Nc1ccc2c(c1)OCO2)c1cccc(CN2C(=O)c3ccccc3C2=O)c1. The van der Waals surface area contributed by atoms with Crippen molar-refractivity contribution in [3.05, 3.63) is 89.0 Å². The summed E-state index contributed by atoms with van der Waals surface area (Å²) in [5.41, 5.74) is 2.48. The third-order valence-electron chi connectivity index (χ3n) is 5.04. The second-order valence-corrected chi connectivity index (χ2v) is 6.96. The van der Waals surface area contributed by atoms with Crippen LogP contribution < -0.4 is 14.8 Å². The molecule has 2 aliphatic heterocycles. The molecule has 7 nitrogen and oxygen atoms in total. The van der Waals surface area contributed by atoms with Crippen LogP contribution in [-0.2, 0) is 6.54 Å². The Morgan fingerprint density at radius 1 is 0.867 bits per heavy atom. The fourth-order valence-electron chi connectivity index (χ4n) is 3.55. The van der Waals surface area contributed by atoms with Gasteiger partial charge in [0.05, 0.1) is 17.7 Å². The van der Waals surface area contributed by atoms with Crippen molar-refractivity contribution >= 4 is 23.4 Å². The van der Waals surface area contributed by atoms with Gasteiger partial charge in [-0.15, -0.1) is 0 Å². The smallest absolute Gasteiger partial charge is 0.261 e. The summed E-state index contributed by atoms with van der Waals surface area (Å²) in [5, 5.41) is 2.82. The Morgan fingerprint density at radius 2 is 1.60 bits per heavy atom. The van der Waals surface area contributed by atoms with Crippen molar-refractivity contribution in [3.63, 3.8) is 0 Å². The van der Waals surface area contributed by atoms with E-state index in [2.05, 4.69) is 5.32 Å². The summed E-state index contributed by atoms with van der Waals surface area (Å²) in [6, 6.07) is 18.8. The summed E-state index contributed by atoms with van der Waals surface area (Å²) < 4.78 is 10.6. The van der Waals surface area contributed by atoms with Crippen LogP contribution in [0.3, 0.4) is 0 Å². The first kappa shape index (κ1) is 17.9. The van der Waals surface area contributed by atoms with Crippen LogP contribution in [0, 0.1) is 0 Å². The van der Waals surface area contributed by atoms with E-state index >= 15 is 0 Å². The van der Waals surface area contributed by atoms with Gasteiger partial charge in [-0.3, -0.25) is 19.3 Å². The molecule has 7 heteroatoms. The molecule has 30 heavy (non-hydrogen) atoms. The highest BCUT2D eigenvalue weighted by atomic mass is 16.7. The summed E-state index contributed by atoms with van der Waals surface area (Å²) in [6.07, 6.45) is 0.